The number of benzene rings is 1. The van der Waals surface area contributed by atoms with Gasteiger partial charge in [-0.2, -0.15) is 0 Å². The van der Waals surface area contributed by atoms with Gasteiger partial charge in [0.25, 0.3) is 0 Å². The predicted molar refractivity (Wildman–Crippen MR) is 78.9 cm³/mol. The van der Waals surface area contributed by atoms with Gasteiger partial charge in [-0.25, -0.2) is 4.39 Å². The van der Waals surface area contributed by atoms with E-state index >= 15 is 0 Å². The average molecular weight is 264 g/mol. The Morgan fingerprint density at radius 2 is 1.89 bits per heavy atom. The molecule has 2 nitrogen and oxygen atoms in total. The largest absolute Gasteiger partial charge is 0.384 e. The summed E-state index contributed by atoms with van der Waals surface area (Å²) < 4.78 is 12.8. The Balaban J connectivity index is 1.80. The SMILES string of the molecule is CC1CC(C)C(C)N(CCNc2ccc(F)cc2)C1. The van der Waals surface area contributed by atoms with Crippen LogP contribution in [-0.2, 0) is 0 Å². The number of halogens is 1. The van der Waals surface area contributed by atoms with Gasteiger partial charge in [0.15, 0.2) is 0 Å². The van der Waals surface area contributed by atoms with Crippen LogP contribution in [0.2, 0.25) is 0 Å². The summed E-state index contributed by atoms with van der Waals surface area (Å²) in [6.07, 6.45) is 1.34. The quantitative estimate of drug-likeness (QED) is 0.894. The van der Waals surface area contributed by atoms with Crippen LogP contribution in [0.3, 0.4) is 0 Å². The van der Waals surface area contributed by atoms with Crippen LogP contribution in [-0.4, -0.2) is 30.6 Å². The maximum atomic E-state index is 12.8. The van der Waals surface area contributed by atoms with E-state index in [0.717, 1.165) is 30.6 Å². The molecule has 2 rings (SSSR count). The second kappa shape index (κ2) is 6.38. The highest BCUT2D eigenvalue weighted by atomic mass is 19.1. The third-order valence-corrected chi connectivity index (χ3v) is 4.29. The van der Waals surface area contributed by atoms with Crippen LogP contribution in [0, 0.1) is 17.7 Å². The molecular weight excluding hydrogens is 239 g/mol. The summed E-state index contributed by atoms with van der Waals surface area (Å²) in [6, 6.07) is 7.23. The summed E-state index contributed by atoms with van der Waals surface area (Å²) in [4.78, 5) is 2.56. The molecule has 0 bridgehead atoms. The lowest BCUT2D eigenvalue weighted by Gasteiger charge is -2.41. The minimum absolute atomic E-state index is 0.183. The van der Waals surface area contributed by atoms with Crippen molar-refractivity contribution in [2.24, 2.45) is 11.8 Å². The van der Waals surface area contributed by atoms with Crippen molar-refractivity contribution in [1.82, 2.24) is 4.90 Å². The average Bonchev–Trinajstić information content (AvgIpc) is 2.37. The topological polar surface area (TPSA) is 15.3 Å². The molecule has 0 spiro atoms. The molecule has 19 heavy (non-hydrogen) atoms. The number of nitrogens with one attached hydrogen (secondary N) is 1. The molecule has 0 aromatic heterocycles. The summed E-state index contributed by atoms with van der Waals surface area (Å²) >= 11 is 0. The molecule has 0 radical (unpaired) electrons. The molecule has 3 unspecified atom stereocenters. The fourth-order valence-corrected chi connectivity index (χ4v) is 3.04. The maximum Gasteiger partial charge on any atom is 0.123 e. The molecule has 3 atom stereocenters. The molecular formula is C16H25FN2. The van der Waals surface area contributed by atoms with Gasteiger partial charge in [0.2, 0.25) is 0 Å². The first-order valence-corrected chi connectivity index (χ1v) is 7.29. The van der Waals surface area contributed by atoms with Gasteiger partial charge in [0, 0.05) is 31.4 Å². The van der Waals surface area contributed by atoms with Gasteiger partial charge in [0.05, 0.1) is 0 Å². The van der Waals surface area contributed by atoms with E-state index in [-0.39, 0.29) is 5.82 Å². The molecule has 1 aliphatic heterocycles. The van der Waals surface area contributed by atoms with E-state index in [2.05, 4.69) is 31.0 Å². The Morgan fingerprint density at radius 1 is 1.21 bits per heavy atom. The number of hydrogen-bond donors (Lipinski definition) is 1. The van der Waals surface area contributed by atoms with Crippen LogP contribution in [0.5, 0.6) is 0 Å². The molecule has 0 saturated carbocycles. The van der Waals surface area contributed by atoms with Crippen molar-refractivity contribution in [2.75, 3.05) is 25.0 Å². The van der Waals surface area contributed by atoms with Crippen LogP contribution < -0.4 is 5.32 Å². The van der Waals surface area contributed by atoms with Crippen molar-refractivity contribution in [3.63, 3.8) is 0 Å². The van der Waals surface area contributed by atoms with E-state index in [1.807, 2.05) is 0 Å². The zero-order valence-corrected chi connectivity index (χ0v) is 12.2. The van der Waals surface area contributed by atoms with Gasteiger partial charge in [-0.15, -0.1) is 0 Å². The number of piperidine rings is 1. The van der Waals surface area contributed by atoms with Gasteiger partial charge in [-0.1, -0.05) is 13.8 Å². The molecule has 1 aliphatic rings. The summed E-state index contributed by atoms with van der Waals surface area (Å²) in [6.45, 7) is 10.2. The summed E-state index contributed by atoms with van der Waals surface area (Å²) in [5.41, 5.74) is 0.993. The van der Waals surface area contributed by atoms with Crippen LogP contribution in [0.4, 0.5) is 10.1 Å². The monoisotopic (exact) mass is 264 g/mol. The molecule has 1 aromatic carbocycles. The van der Waals surface area contributed by atoms with Crippen molar-refractivity contribution in [3.8, 4) is 0 Å². The Morgan fingerprint density at radius 3 is 2.58 bits per heavy atom. The first-order valence-electron chi connectivity index (χ1n) is 7.29. The highest BCUT2D eigenvalue weighted by Crippen LogP contribution is 2.26. The number of hydrogen-bond acceptors (Lipinski definition) is 2. The fourth-order valence-electron chi connectivity index (χ4n) is 3.04. The molecule has 106 valence electrons. The molecule has 0 amide bonds. The van der Waals surface area contributed by atoms with E-state index < -0.39 is 0 Å². The van der Waals surface area contributed by atoms with Gasteiger partial charge >= 0.3 is 0 Å². The first kappa shape index (κ1) is 14.3. The molecule has 3 heteroatoms. The summed E-state index contributed by atoms with van der Waals surface area (Å²) in [7, 11) is 0. The van der Waals surface area contributed by atoms with E-state index in [0.29, 0.717) is 6.04 Å². The van der Waals surface area contributed by atoms with Crippen LogP contribution in [0.15, 0.2) is 24.3 Å². The number of nitrogens with zero attached hydrogens (tertiary/aromatic N) is 1. The molecule has 1 fully saturated rings. The van der Waals surface area contributed by atoms with E-state index in [1.54, 1.807) is 12.1 Å². The predicted octanol–water partition coefficient (Wildman–Crippen LogP) is 3.60. The van der Waals surface area contributed by atoms with Gasteiger partial charge in [0.1, 0.15) is 5.82 Å². The van der Waals surface area contributed by atoms with Crippen molar-refractivity contribution < 1.29 is 4.39 Å². The lowest BCUT2D eigenvalue weighted by molar-refractivity contribution is 0.0839. The van der Waals surface area contributed by atoms with Crippen molar-refractivity contribution >= 4 is 5.69 Å². The minimum Gasteiger partial charge on any atom is -0.384 e. The third kappa shape index (κ3) is 3.93. The van der Waals surface area contributed by atoms with Crippen LogP contribution >= 0.6 is 0 Å². The van der Waals surface area contributed by atoms with Crippen LogP contribution in [0.1, 0.15) is 27.2 Å². The number of anilines is 1. The Hall–Kier alpha value is -1.09. The standard InChI is InChI=1S/C16H25FN2/c1-12-10-13(2)14(3)19(11-12)9-8-18-16-6-4-15(17)5-7-16/h4-7,12-14,18H,8-11H2,1-3H3. The van der Waals surface area contributed by atoms with Gasteiger partial charge in [-0.3, -0.25) is 4.90 Å². The van der Waals surface area contributed by atoms with Crippen molar-refractivity contribution in [3.05, 3.63) is 30.1 Å². The highest BCUT2D eigenvalue weighted by molar-refractivity contribution is 5.42. The first-order chi connectivity index (χ1) is 9.06. The van der Waals surface area contributed by atoms with Crippen molar-refractivity contribution in [2.45, 2.75) is 33.2 Å². The second-order valence-corrected chi connectivity index (χ2v) is 5.99. The van der Waals surface area contributed by atoms with E-state index in [9.17, 15) is 4.39 Å². The third-order valence-electron chi connectivity index (χ3n) is 4.29. The van der Waals surface area contributed by atoms with E-state index in [4.69, 9.17) is 0 Å². The van der Waals surface area contributed by atoms with Crippen molar-refractivity contribution in [1.29, 1.82) is 0 Å². The van der Waals surface area contributed by atoms with Gasteiger partial charge in [-0.05, 0) is 49.4 Å². The Labute approximate surface area is 116 Å². The second-order valence-electron chi connectivity index (χ2n) is 5.99. The summed E-state index contributed by atoms with van der Waals surface area (Å²) in [5.74, 6) is 1.38. The van der Waals surface area contributed by atoms with E-state index in [1.165, 1.54) is 25.1 Å². The Bertz CT molecular complexity index is 390. The maximum absolute atomic E-state index is 12.8. The molecule has 1 aromatic rings. The zero-order valence-electron chi connectivity index (χ0n) is 12.2. The van der Waals surface area contributed by atoms with Crippen LogP contribution in [0.25, 0.3) is 0 Å². The smallest absolute Gasteiger partial charge is 0.123 e. The fraction of sp³-hybridized carbons (Fsp3) is 0.625. The summed E-state index contributed by atoms with van der Waals surface area (Å²) in [5, 5.41) is 3.36. The molecule has 0 aliphatic carbocycles. The number of rotatable bonds is 4. The highest BCUT2D eigenvalue weighted by Gasteiger charge is 2.27. The lowest BCUT2D eigenvalue weighted by Crippen LogP contribution is -2.47. The minimum atomic E-state index is -0.183. The van der Waals surface area contributed by atoms with Gasteiger partial charge < -0.3 is 5.32 Å². The molecule has 1 N–H and O–H groups in total. The molecule has 1 saturated heterocycles. The molecule has 1 heterocycles. The number of likely N-dealkylation sites (tertiary alicyclic amines) is 1. The zero-order chi connectivity index (χ0) is 13.8. The lowest BCUT2D eigenvalue weighted by atomic mass is 9.86. The Kier molecular flexibility index (Phi) is 4.81. The normalized spacial score (nSPS) is 28.3.